The van der Waals surface area contributed by atoms with E-state index >= 15 is 0 Å². The Balaban J connectivity index is 1.19. The molecule has 0 bridgehead atoms. The molecule has 0 saturated heterocycles. The summed E-state index contributed by atoms with van der Waals surface area (Å²) in [4.78, 5) is 36.1. The summed E-state index contributed by atoms with van der Waals surface area (Å²) >= 11 is 6.03. The molecular weight excluding hydrogens is 639 g/mol. The van der Waals surface area contributed by atoms with Crippen molar-refractivity contribution >= 4 is 34.9 Å². The molecule has 0 aliphatic heterocycles. The van der Waals surface area contributed by atoms with E-state index in [4.69, 9.17) is 21.1 Å². The highest BCUT2D eigenvalue weighted by Gasteiger charge is 2.45. The fraction of sp³-hybridized carbons (Fsp3) is 0.406. The van der Waals surface area contributed by atoms with E-state index in [1.165, 1.54) is 0 Å². The van der Waals surface area contributed by atoms with Crippen LogP contribution in [0.4, 0.5) is 36.4 Å². The lowest BCUT2D eigenvalue weighted by Gasteiger charge is -2.26. The largest absolute Gasteiger partial charge is 0.488 e. The highest BCUT2D eigenvalue weighted by Crippen LogP contribution is 2.48. The third-order valence-corrected chi connectivity index (χ3v) is 7.77. The Morgan fingerprint density at radius 1 is 0.894 bits per heavy atom. The minimum Gasteiger partial charge on any atom is -0.488 e. The summed E-state index contributed by atoms with van der Waals surface area (Å²) < 4.78 is 48.8. The van der Waals surface area contributed by atoms with Crippen LogP contribution in [0.25, 0.3) is 0 Å². The molecule has 0 atom stereocenters. The van der Waals surface area contributed by atoms with E-state index in [1.54, 1.807) is 31.2 Å². The maximum absolute atomic E-state index is 12.9. The molecule has 15 heteroatoms. The zero-order valence-electron chi connectivity index (χ0n) is 26.1. The molecular formula is C32H35ClF3N7O4. The van der Waals surface area contributed by atoms with E-state index in [0.29, 0.717) is 37.0 Å². The summed E-state index contributed by atoms with van der Waals surface area (Å²) in [5.74, 6) is 0.180. The molecule has 1 saturated carbocycles. The van der Waals surface area contributed by atoms with Crippen molar-refractivity contribution in [1.82, 2.24) is 20.3 Å². The lowest BCUT2D eigenvalue weighted by Crippen LogP contribution is -2.40. The number of aromatic nitrogens is 3. The van der Waals surface area contributed by atoms with Crippen molar-refractivity contribution in [1.29, 1.82) is 0 Å². The Morgan fingerprint density at radius 2 is 1.57 bits per heavy atom. The van der Waals surface area contributed by atoms with Gasteiger partial charge in [0.15, 0.2) is 12.4 Å². The highest BCUT2D eigenvalue weighted by atomic mass is 35.5. The fourth-order valence-electron chi connectivity index (χ4n) is 4.86. The molecule has 4 aromatic rings. The molecule has 0 radical (unpaired) electrons. The summed E-state index contributed by atoms with van der Waals surface area (Å²) in [6, 6.07) is 14.2. The van der Waals surface area contributed by atoms with E-state index < -0.39 is 35.2 Å². The van der Waals surface area contributed by atoms with E-state index in [9.17, 15) is 22.8 Å². The van der Waals surface area contributed by atoms with E-state index in [2.05, 4.69) is 36.2 Å². The number of ether oxygens (including phenoxy) is 2. The molecule has 11 nitrogen and oxygen atoms in total. The van der Waals surface area contributed by atoms with Crippen molar-refractivity contribution in [2.45, 2.75) is 51.9 Å². The molecule has 0 spiro atoms. The Labute approximate surface area is 274 Å². The summed E-state index contributed by atoms with van der Waals surface area (Å²) in [6.07, 6.45) is -3.01. The third-order valence-electron chi connectivity index (χ3n) is 7.52. The van der Waals surface area contributed by atoms with Gasteiger partial charge in [0, 0.05) is 30.3 Å². The number of nitrogens with one attached hydrogen (secondary N) is 4. The van der Waals surface area contributed by atoms with Gasteiger partial charge in [0.1, 0.15) is 5.69 Å². The monoisotopic (exact) mass is 673 g/mol. The smallest absolute Gasteiger partial charge is 0.422 e. The number of alkyl halides is 3. The van der Waals surface area contributed by atoms with E-state index in [-0.39, 0.29) is 28.7 Å². The molecule has 3 aromatic carbocycles. The second kappa shape index (κ2) is 13.7. The molecule has 0 unspecified atom stereocenters. The number of hydrogen-bond donors (Lipinski definition) is 4. The van der Waals surface area contributed by atoms with Crippen LogP contribution in [0, 0.1) is 5.41 Å². The number of halogens is 4. The first kappa shape index (κ1) is 33.9. The molecule has 1 heterocycles. The zero-order valence-corrected chi connectivity index (χ0v) is 26.8. The predicted molar refractivity (Wildman–Crippen MR) is 174 cm³/mol. The Morgan fingerprint density at radius 3 is 2.21 bits per heavy atom. The first-order valence-corrected chi connectivity index (χ1v) is 15.4. The molecule has 5 rings (SSSR count). The normalized spacial score (nSPS) is 14.1. The lowest BCUT2D eigenvalue weighted by atomic mass is 9.93. The summed E-state index contributed by atoms with van der Waals surface area (Å²) in [6.45, 7) is 6.17. The number of nitrogens with zero attached hydrogens (tertiary/aromatic N) is 3. The zero-order chi connectivity index (χ0) is 33.8. The topological polar surface area (TPSA) is 139 Å². The third kappa shape index (κ3) is 8.89. The van der Waals surface area contributed by atoms with Crippen molar-refractivity contribution in [2.24, 2.45) is 5.41 Å². The van der Waals surface area contributed by atoms with E-state index in [1.807, 2.05) is 38.1 Å². The SMILES string of the molecule is CCOc1c(NCC(C)(C)CNCc2ccc(Nc3nc(NC4(c5ccc(Cl)cc5)CC4)nc(OCC(F)(F)F)n3)cc2)c(=O)c1=O. The van der Waals surface area contributed by atoms with Gasteiger partial charge in [-0.05, 0) is 60.6 Å². The van der Waals surface area contributed by atoms with Crippen LogP contribution in [0.3, 0.4) is 0 Å². The maximum atomic E-state index is 12.9. The van der Waals surface area contributed by atoms with Crippen LogP contribution in [0.15, 0.2) is 58.1 Å². The Bertz CT molecular complexity index is 1760. The lowest BCUT2D eigenvalue weighted by molar-refractivity contribution is -0.154. The molecule has 4 N–H and O–H groups in total. The molecule has 1 fully saturated rings. The molecule has 1 aliphatic carbocycles. The number of hydrogen-bond acceptors (Lipinski definition) is 11. The van der Waals surface area contributed by atoms with Crippen molar-refractivity contribution in [3.05, 3.63) is 85.1 Å². The minimum absolute atomic E-state index is 0.0148. The van der Waals surface area contributed by atoms with Gasteiger partial charge in [0.05, 0.1) is 12.1 Å². The summed E-state index contributed by atoms with van der Waals surface area (Å²) in [5, 5.41) is 13.3. The maximum Gasteiger partial charge on any atom is 0.422 e. The molecule has 0 amide bonds. The first-order chi connectivity index (χ1) is 22.3. The van der Waals surface area contributed by atoms with Crippen LogP contribution in [0.5, 0.6) is 11.8 Å². The first-order valence-electron chi connectivity index (χ1n) is 15.0. The van der Waals surface area contributed by atoms with Crippen LogP contribution in [0.2, 0.25) is 5.02 Å². The molecule has 47 heavy (non-hydrogen) atoms. The van der Waals surface area contributed by atoms with Crippen LogP contribution >= 0.6 is 11.6 Å². The number of anilines is 4. The predicted octanol–water partition coefficient (Wildman–Crippen LogP) is 5.53. The van der Waals surface area contributed by atoms with Crippen LogP contribution in [-0.2, 0) is 12.1 Å². The summed E-state index contributed by atoms with van der Waals surface area (Å²) in [7, 11) is 0. The van der Waals surface area contributed by atoms with E-state index in [0.717, 1.165) is 24.0 Å². The minimum atomic E-state index is -4.56. The van der Waals surface area contributed by atoms with Crippen molar-refractivity contribution in [3.63, 3.8) is 0 Å². The average Bonchev–Trinajstić information content (AvgIpc) is 3.80. The molecule has 250 valence electrons. The fourth-order valence-corrected chi connectivity index (χ4v) is 4.98. The van der Waals surface area contributed by atoms with Gasteiger partial charge in [-0.25, -0.2) is 0 Å². The van der Waals surface area contributed by atoms with Crippen molar-refractivity contribution < 1.29 is 22.6 Å². The van der Waals surface area contributed by atoms with Crippen LogP contribution < -0.4 is 41.6 Å². The van der Waals surface area contributed by atoms with Crippen LogP contribution in [0.1, 0.15) is 44.7 Å². The van der Waals surface area contributed by atoms with Gasteiger partial charge in [-0.15, -0.1) is 0 Å². The van der Waals surface area contributed by atoms with Gasteiger partial charge in [0.2, 0.25) is 11.9 Å². The van der Waals surface area contributed by atoms with Gasteiger partial charge in [-0.3, -0.25) is 9.59 Å². The van der Waals surface area contributed by atoms with Crippen molar-refractivity contribution in [2.75, 3.05) is 42.3 Å². The van der Waals surface area contributed by atoms with Crippen LogP contribution in [-0.4, -0.2) is 47.4 Å². The van der Waals surface area contributed by atoms with Crippen molar-refractivity contribution in [3.8, 4) is 11.8 Å². The van der Waals surface area contributed by atoms with Gasteiger partial charge in [-0.1, -0.05) is 49.7 Å². The second-order valence-corrected chi connectivity index (χ2v) is 12.6. The molecule has 1 aromatic heterocycles. The van der Waals surface area contributed by atoms with Gasteiger partial charge >= 0.3 is 12.2 Å². The summed E-state index contributed by atoms with van der Waals surface area (Å²) in [5.41, 5.74) is 0.866. The second-order valence-electron chi connectivity index (χ2n) is 12.1. The van der Waals surface area contributed by atoms with Gasteiger partial charge in [-0.2, -0.15) is 28.1 Å². The molecule has 1 aliphatic rings. The van der Waals surface area contributed by atoms with Gasteiger partial charge in [0.25, 0.3) is 10.9 Å². The Hall–Kier alpha value is -4.43. The highest BCUT2D eigenvalue weighted by molar-refractivity contribution is 6.30. The average molecular weight is 674 g/mol. The Kier molecular flexibility index (Phi) is 9.92. The number of rotatable bonds is 16. The quantitative estimate of drug-likeness (QED) is 0.112. The van der Waals surface area contributed by atoms with Gasteiger partial charge < -0.3 is 30.7 Å². The number of benzene rings is 2. The standard InChI is InChI=1S/C32H35ClF3N7O4/c1-4-46-26-23(24(44)25(26)45)38-17-30(2,3)16-37-15-19-5-11-22(12-6-19)39-27-40-28(42-29(41-27)47-18-32(34,35)36)43-31(13-14-31)20-7-9-21(33)10-8-20/h5-12,37-38H,4,13-18H2,1-3H3,(H2,39,40,41,42,43).